The van der Waals surface area contributed by atoms with E-state index in [4.69, 9.17) is 4.74 Å². The van der Waals surface area contributed by atoms with Gasteiger partial charge in [0.2, 0.25) is 0 Å². The number of nitrogens with zero attached hydrogens (tertiary/aromatic N) is 3. The zero-order chi connectivity index (χ0) is 21.3. The van der Waals surface area contributed by atoms with Gasteiger partial charge in [-0.2, -0.15) is 17.0 Å². The Morgan fingerprint density at radius 3 is 2.23 bits per heavy atom. The first kappa shape index (κ1) is 21.5. The van der Waals surface area contributed by atoms with Gasteiger partial charge in [0, 0.05) is 44.8 Å². The van der Waals surface area contributed by atoms with E-state index < -0.39 is 10.2 Å². The Kier molecular flexibility index (Phi) is 6.26. The monoisotopic (exact) mass is 449 g/mol. The number of hydrogen-bond acceptors (Lipinski definition) is 5. The van der Waals surface area contributed by atoms with E-state index in [0.29, 0.717) is 44.1 Å². The van der Waals surface area contributed by atoms with Crippen molar-refractivity contribution in [1.29, 1.82) is 0 Å². The number of amides is 1. The third kappa shape index (κ3) is 4.31. The van der Waals surface area contributed by atoms with Crippen LogP contribution in [-0.2, 0) is 14.9 Å². The van der Waals surface area contributed by atoms with Crippen LogP contribution in [0.1, 0.15) is 23.5 Å². The average molecular weight is 450 g/mol. The summed E-state index contributed by atoms with van der Waals surface area (Å²) in [4.78, 5) is 15.6. The van der Waals surface area contributed by atoms with E-state index >= 15 is 0 Å². The van der Waals surface area contributed by atoms with Gasteiger partial charge in [-0.1, -0.05) is 30.3 Å². The molecule has 7 nitrogen and oxygen atoms in total. The highest BCUT2D eigenvalue weighted by Gasteiger charge is 2.37. The minimum Gasteiger partial charge on any atom is -0.373 e. The van der Waals surface area contributed by atoms with E-state index in [1.165, 1.54) is 19.9 Å². The summed E-state index contributed by atoms with van der Waals surface area (Å²) in [5.41, 5.74) is 1.94. The van der Waals surface area contributed by atoms with Gasteiger partial charge in [0.25, 0.3) is 16.1 Å². The zero-order valence-electron chi connectivity index (χ0n) is 17.2. The van der Waals surface area contributed by atoms with Crippen molar-refractivity contribution in [3.05, 3.63) is 46.7 Å². The van der Waals surface area contributed by atoms with Gasteiger partial charge in [-0.05, 0) is 30.9 Å². The van der Waals surface area contributed by atoms with Crippen molar-refractivity contribution in [3.8, 4) is 11.1 Å². The number of rotatable bonds is 4. The van der Waals surface area contributed by atoms with Crippen LogP contribution in [0, 0.1) is 0 Å². The highest BCUT2D eigenvalue weighted by Crippen LogP contribution is 2.30. The van der Waals surface area contributed by atoms with Crippen molar-refractivity contribution in [1.82, 2.24) is 13.5 Å². The molecule has 2 unspecified atom stereocenters. The van der Waals surface area contributed by atoms with E-state index in [9.17, 15) is 13.2 Å². The smallest absolute Gasteiger partial charge is 0.282 e. The SMILES string of the molecule is CC1CN(S(=O)(=O)N2CCN(C(=O)c3sccc3-c3ccccc3)CC2)CC(C)O1. The number of morpholine rings is 1. The number of carbonyl (C=O) groups excluding carboxylic acids is 1. The summed E-state index contributed by atoms with van der Waals surface area (Å²) in [6.45, 7) is 5.89. The summed E-state index contributed by atoms with van der Waals surface area (Å²) in [6.07, 6.45) is -0.247. The number of benzene rings is 1. The number of thiophene rings is 1. The maximum Gasteiger partial charge on any atom is 0.282 e. The summed E-state index contributed by atoms with van der Waals surface area (Å²) >= 11 is 1.43. The molecule has 0 aliphatic carbocycles. The van der Waals surface area contributed by atoms with Crippen molar-refractivity contribution >= 4 is 27.5 Å². The maximum absolute atomic E-state index is 13.1. The molecular formula is C21H27N3O4S2. The molecule has 30 heavy (non-hydrogen) atoms. The van der Waals surface area contributed by atoms with Crippen LogP contribution in [0.15, 0.2) is 41.8 Å². The molecule has 0 radical (unpaired) electrons. The summed E-state index contributed by atoms with van der Waals surface area (Å²) in [6, 6.07) is 11.8. The Labute approximate surface area is 182 Å². The van der Waals surface area contributed by atoms with Gasteiger partial charge in [0.05, 0.1) is 17.1 Å². The molecule has 2 aliphatic rings. The lowest BCUT2D eigenvalue weighted by atomic mass is 10.1. The molecule has 2 aliphatic heterocycles. The van der Waals surface area contributed by atoms with Crippen molar-refractivity contribution in [2.45, 2.75) is 26.1 Å². The predicted octanol–water partition coefficient (Wildman–Crippen LogP) is 2.53. The molecule has 1 amide bonds. The maximum atomic E-state index is 13.1. The van der Waals surface area contributed by atoms with Gasteiger partial charge >= 0.3 is 0 Å². The number of ether oxygens (including phenoxy) is 1. The minimum absolute atomic E-state index is 0.0329. The van der Waals surface area contributed by atoms with Gasteiger partial charge < -0.3 is 9.64 Å². The first-order valence-corrected chi connectivity index (χ1v) is 12.5. The summed E-state index contributed by atoms with van der Waals surface area (Å²) in [7, 11) is -3.55. The molecule has 2 fully saturated rings. The summed E-state index contributed by atoms with van der Waals surface area (Å²) in [5, 5.41) is 1.93. The fourth-order valence-corrected chi connectivity index (χ4v) is 6.70. The van der Waals surface area contributed by atoms with Crippen LogP contribution in [0.2, 0.25) is 0 Å². The lowest BCUT2D eigenvalue weighted by molar-refractivity contribution is -0.0457. The van der Waals surface area contributed by atoms with Crippen molar-refractivity contribution in [2.24, 2.45) is 0 Å². The molecule has 1 aromatic carbocycles. The lowest BCUT2D eigenvalue weighted by Crippen LogP contribution is -2.57. The molecule has 0 N–H and O–H groups in total. The molecule has 3 heterocycles. The van der Waals surface area contributed by atoms with Crippen LogP contribution in [0.25, 0.3) is 11.1 Å². The molecule has 2 atom stereocenters. The lowest BCUT2D eigenvalue weighted by Gasteiger charge is -2.40. The largest absolute Gasteiger partial charge is 0.373 e. The second-order valence-corrected chi connectivity index (χ2v) is 10.6. The minimum atomic E-state index is -3.55. The molecule has 0 bridgehead atoms. The topological polar surface area (TPSA) is 70.2 Å². The third-order valence-electron chi connectivity index (χ3n) is 5.51. The Balaban J connectivity index is 1.43. The van der Waals surface area contributed by atoms with Gasteiger partial charge in [-0.15, -0.1) is 11.3 Å². The Hall–Kier alpha value is -1.78. The molecule has 4 rings (SSSR count). The van der Waals surface area contributed by atoms with Gasteiger partial charge in [0.1, 0.15) is 0 Å². The zero-order valence-corrected chi connectivity index (χ0v) is 18.9. The van der Waals surface area contributed by atoms with E-state index in [2.05, 4.69) is 0 Å². The molecule has 0 saturated carbocycles. The normalized spacial score (nSPS) is 24.1. The average Bonchev–Trinajstić information content (AvgIpc) is 3.23. The van der Waals surface area contributed by atoms with Crippen molar-refractivity contribution in [2.75, 3.05) is 39.3 Å². The summed E-state index contributed by atoms with van der Waals surface area (Å²) in [5.74, 6) is -0.0329. The Morgan fingerprint density at radius 1 is 0.967 bits per heavy atom. The molecule has 9 heteroatoms. The molecule has 1 aromatic heterocycles. The highest BCUT2D eigenvalue weighted by atomic mass is 32.2. The van der Waals surface area contributed by atoms with Crippen LogP contribution < -0.4 is 0 Å². The first-order valence-electron chi connectivity index (χ1n) is 10.2. The van der Waals surface area contributed by atoms with Gasteiger partial charge in [0.15, 0.2) is 0 Å². The predicted molar refractivity (Wildman–Crippen MR) is 118 cm³/mol. The first-order chi connectivity index (χ1) is 14.4. The van der Waals surface area contributed by atoms with Crippen LogP contribution in [0.4, 0.5) is 0 Å². The van der Waals surface area contributed by atoms with E-state index in [-0.39, 0.29) is 18.1 Å². The number of carbonyl (C=O) groups is 1. The van der Waals surface area contributed by atoms with E-state index in [0.717, 1.165) is 11.1 Å². The summed E-state index contributed by atoms with van der Waals surface area (Å²) < 4.78 is 34.8. The van der Waals surface area contributed by atoms with Crippen LogP contribution in [-0.4, -0.2) is 79.3 Å². The highest BCUT2D eigenvalue weighted by molar-refractivity contribution is 7.86. The number of piperazine rings is 1. The van der Waals surface area contributed by atoms with Crippen molar-refractivity contribution < 1.29 is 17.9 Å². The quantitative estimate of drug-likeness (QED) is 0.719. The second-order valence-electron chi connectivity index (χ2n) is 7.80. The standard InChI is InChI=1S/C21H27N3O4S2/c1-16-14-24(15-17(2)28-16)30(26,27)23-11-9-22(10-12-23)21(25)20-19(8-13-29-20)18-6-4-3-5-7-18/h3-8,13,16-17H,9-12,14-15H2,1-2H3. The fourth-order valence-electron chi connectivity index (χ4n) is 4.07. The molecule has 0 spiro atoms. The van der Waals surface area contributed by atoms with Crippen LogP contribution in [0.5, 0.6) is 0 Å². The molecule has 2 aromatic rings. The second kappa shape index (κ2) is 8.76. The Morgan fingerprint density at radius 2 is 1.60 bits per heavy atom. The van der Waals surface area contributed by atoms with E-state index in [1.54, 1.807) is 4.90 Å². The Bertz CT molecular complexity index is 975. The molecular weight excluding hydrogens is 422 g/mol. The molecule has 162 valence electrons. The third-order valence-corrected chi connectivity index (χ3v) is 8.38. The van der Waals surface area contributed by atoms with Gasteiger partial charge in [-0.25, -0.2) is 0 Å². The fraction of sp³-hybridized carbons (Fsp3) is 0.476. The van der Waals surface area contributed by atoms with Crippen LogP contribution >= 0.6 is 11.3 Å². The van der Waals surface area contributed by atoms with E-state index in [1.807, 2.05) is 55.6 Å². The van der Waals surface area contributed by atoms with Crippen LogP contribution in [0.3, 0.4) is 0 Å². The number of hydrogen-bond donors (Lipinski definition) is 0. The molecule has 2 saturated heterocycles. The van der Waals surface area contributed by atoms with Crippen molar-refractivity contribution in [3.63, 3.8) is 0 Å². The van der Waals surface area contributed by atoms with Gasteiger partial charge in [-0.3, -0.25) is 4.79 Å².